The third kappa shape index (κ3) is 3.77. The second kappa shape index (κ2) is 7.87. The molecule has 0 atom stereocenters. The number of rotatable bonds is 6. The zero-order valence-corrected chi connectivity index (χ0v) is 15.3. The molecule has 0 radical (unpaired) electrons. The Labute approximate surface area is 153 Å². The number of aromatic nitrogens is 2. The Bertz CT molecular complexity index is 884. The predicted octanol–water partition coefficient (Wildman–Crippen LogP) is 3.47. The first-order valence-electron chi connectivity index (χ1n) is 8.61. The second-order valence-corrected chi connectivity index (χ2v) is 6.15. The average Bonchev–Trinajstić information content (AvgIpc) is 2.97. The zero-order valence-electron chi connectivity index (χ0n) is 15.3. The number of amides is 1. The van der Waals surface area contributed by atoms with E-state index in [2.05, 4.69) is 14.9 Å². The van der Waals surface area contributed by atoms with Crippen molar-refractivity contribution in [3.05, 3.63) is 77.4 Å². The van der Waals surface area contributed by atoms with E-state index in [1.165, 1.54) is 0 Å². The summed E-state index contributed by atoms with van der Waals surface area (Å²) in [7, 11) is 1.65. The summed E-state index contributed by atoms with van der Waals surface area (Å²) in [6.07, 6.45) is 2.48. The fraction of sp³-hybridized carbons (Fsp3) is 0.238. The molecule has 2 heterocycles. The van der Waals surface area contributed by atoms with Crippen molar-refractivity contribution in [3.8, 4) is 11.4 Å². The van der Waals surface area contributed by atoms with Crippen molar-refractivity contribution in [1.29, 1.82) is 0 Å². The molecule has 0 saturated carbocycles. The molecule has 134 valence electrons. The van der Waals surface area contributed by atoms with Gasteiger partial charge in [0.1, 0.15) is 5.75 Å². The van der Waals surface area contributed by atoms with Crippen LogP contribution in [-0.2, 0) is 6.42 Å². The molecule has 5 nitrogen and oxygen atoms in total. The smallest absolute Gasteiger partial charge is 0.253 e. The Morgan fingerprint density at radius 1 is 1.15 bits per heavy atom. The average molecular weight is 349 g/mol. The highest BCUT2D eigenvalue weighted by Crippen LogP contribution is 2.22. The van der Waals surface area contributed by atoms with Gasteiger partial charge in [-0.3, -0.25) is 9.78 Å². The molecule has 1 aromatic carbocycles. The highest BCUT2D eigenvalue weighted by molar-refractivity contribution is 5.95. The number of carbonyl (C=O) groups is 1. The number of methoxy groups -OCH3 is 1. The summed E-state index contributed by atoms with van der Waals surface area (Å²) >= 11 is 0. The quantitative estimate of drug-likeness (QED) is 0.741. The molecule has 0 fully saturated rings. The highest BCUT2D eigenvalue weighted by atomic mass is 16.5. The number of hydrogen-bond acceptors (Lipinski definition) is 3. The fourth-order valence-electron chi connectivity index (χ4n) is 3.07. The molecule has 0 unspecified atom stereocenters. The van der Waals surface area contributed by atoms with Crippen LogP contribution in [0.5, 0.6) is 5.75 Å². The van der Waals surface area contributed by atoms with Crippen LogP contribution in [0.2, 0.25) is 0 Å². The molecule has 0 aliphatic carbocycles. The number of hydrogen-bond donors (Lipinski definition) is 1. The second-order valence-electron chi connectivity index (χ2n) is 6.15. The number of nitrogens with one attached hydrogen (secondary N) is 1. The summed E-state index contributed by atoms with van der Waals surface area (Å²) in [6.45, 7) is 4.52. The van der Waals surface area contributed by atoms with Crippen LogP contribution in [0.1, 0.15) is 27.4 Å². The first kappa shape index (κ1) is 17.7. The summed E-state index contributed by atoms with van der Waals surface area (Å²) in [6, 6.07) is 15.5. The van der Waals surface area contributed by atoms with Crippen molar-refractivity contribution >= 4 is 5.91 Å². The Kier molecular flexibility index (Phi) is 5.37. The lowest BCUT2D eigenvalue weighted by Crippen LogP contribution is -2.26. The number of benzene rings is 1. The number of aryl methyl sites for hydroxylation is 1. The van der Waals surface area contributed by atoms with E-state index in [1.807, 2.05) is 62.4 Å². The SMILES string of the molecule is COc1ccc(-n2c(C)cc(C(=O)NCCc3ccccn3)c2C)cc1. The lowest BCUT2D eigenvalue weighted by molar-refractivity contribution is 0.0953. The normalized spacial score (nSPS) is 10.6. The van der Waals surface area contributed by atoms with Crippen LogP contribution in [0.3, 0.4) is 0 Å². The molecular formula is C21H23N3O2. The summed E-state index contributed by atoms with van der Waals surface area (Å²) in [4.78, 5) is 16.9. The van der Waals surface area contributed by atoms with Crippen molar-refractivity contribution in [2.75, 3.05) is 13.7 Å². The van der Waals surface area contributed by atoms with E-state index in [9.17, 15) is 4.79 Å². The minimum Gasteiger partial charge on any atom is -0.497 e. The molecule has 3 aromatic rings. The van der Waals surface area contributed by atoms with Crippen LogP contribution in [0.15, 0.2) is 54.7 Å². The monoisotopic (exact) mass is 349 g/mol. The van der Waals surface area contributed by atoms with Gasteiger partial charge in [0.05, 0.1) is 12.7 Å². The highest BCUT2D eigenvalue weighted by Gasteiger charge is 2.16. The maximum Gasteiger partial charge on any atom is 0.253 e. The van der Waals surface area contributed by atoms with Crippen LogP contribution in [0.4, 0.5) is 0 Å². The number of nitrogens with zero attached hydrogens (tertiary/aromatic N) is 2. The molecule has 5 heteroatoms. The number of ether oxygens (including phenoxy) is 1. The molecule has 26 heavy (non-hydrogen) atoms. The minimum absolute atomic E-state index is 0.0613. The summed E-state index contributed by atoms with van der Waals surface area (Å²) < 4.78 is 7.29. The van der Waals surface area contributed by atoms with Gasteiger partial charge in [0, 0.05) is 41.9 Å². The van der Waals surface area contributed by atoms with E-state index >= 15 is 0 Å². The van der Waals surface area contributed by atoms with Gasteiger partial charge < -0.3 is 14.6 Å². The third-order valence-corrected chi connectivity index (χ3v) is 4.40. The first-order valence-corrected chi connectivity index (χ1v) is 8.61. The number of carbonyl (C=O) groups excluding carboxylic acids is 1. The number of pyridine rings is 1. The molecule has 0 aliphatic rings. The first-order chi connectivity index (χ1) is 12.6. The van der Waals surface area contributed by atoms with Gasteiger partial charge in [-0.2, -0.15) is 0 Å². The molecule has 1 amide bonds. The van der Waals surface area contributed by atoms with Gasteiger partial charge in [-0.25, -0.2) is 0 Å². The van der Waals surface area contributed by atoms with Crippen molar-refractivity contribution in [1.82, 2.24) is 14.9 Å². The standard InChI is InChI=1S/C21H23N3O2/c1-15-14-20(21(25)23-13-11-17-6-4-5-12-22-17)16(2)24(15)18-7-9-19(26-3)10-8-18/h4-10,12,14H,11,13H2,1-3H3,(H,23,25). The molecule has 0 spiro atoms. The van der Waals surface area contributed by atoms with Crippen molar-refractivity contribution in [2.24, 2.45) is 0 Å². The third-order valence-electron chi connectivity index (χ3n) is 4.40. The van der Waals surface area contributed by atoms with Gasteiger partial charge in [0.2, 0.25) is 0 Å². The fourth-order valence-corrected chi connectivity index (χ4v) is 3.07. The van der Waals surface area contributed by atoms with Crippen LogP contribution >= 0.6 is 0 Å². The van der Waals surface area contributed by atoms with E-state index in [1.54, 1.807) is 13.3 Å². The van der Waals surface area contributed by atoms with Crippen LogP contribution in [0.25, 0.3) is 5.69 Å². The molecule has 0 saturated heterocycles. The molecule has 1 N–H and O–H groups in total. The van der Waals surface area contributed by atoms with Gasteiger partial charge >= 0.3 is 0 Å². The minimum atomic E-state index is -0.0613. The summed E-state index contributed by atoms with van der Waals surface area (Å²) in [5.41, 5.74) is 4.61. The maximum absolute atomic E-state index is 12.6. The topological polar surface area (TPSA) is 56.1 Å². The molecule has 3 rings (SSSR count). The Balaban J connectivity index is 1.73. The van der Waals surface area contributed by atoms with Crippen molar-refractivity contribution in [2.45, 2.75) is 20.3 Å². The molecule has 0 aliphatic heterocycles. The summed E-state index contributed by atoms with van der Waals surface area (Å²) in [5.74, 6) is 0.748. The van der Waals surface area contributed by atoms with Crippen molar-refractivity contribution in [3.63, 3.8) is 0 Å². The van der Waals surface area contributed by atoms with Gasteiger partial charge in [0.15, 0.2) is 0 Å². The summed E-state index contributed by atoms with van der Waals surface area (Å²) in [5, 5.41) is 2.99. The van der Waals surface area contributed by atoms with Crippen LogP contribution < -0.4 is 10.1 Å². The van der Waals surface area contributed by atoms with Gasteiger partial charge in [-0.1, -0.05) is 6.07 Å². The Morgan fingerprint density at radius 2 is 1.92 bits per heavy atom. The van der Waals surface area contributed by atoms with E-state index in [-0.39, 0.29) is 5.91 Å². The van der Waals surface area contributed by atoms with Gasteiger partial charge in [-0.15, -0.1) is 0 Å². The zero-order chi connectivity index (χ0) is 18.5. The van der Waals surface area contributed by atoms with E-state index in [4.69, 9.17) is 4.74 Å². The van der Waals surface area contributed by atoms with Crippen molar-refractivity contribution < 1.29 is 9.53 Å². The lowest BCUT2D eigenvalue weighted by Gasteiger charge is -2.11. The van der Waals surface area contributed by atoms with E-state index in [0.717, 1.165) is 28.5 Å². The molecular weight excluding hydrogens is 326 g/mol. The molecule has 2 aromatic heterocycles. The Morgan fingerprint density at radius 3 is 2.58 bits per heavy atom. The lowest BCUT2D eigenvalue weighted by atomic mass is 10.2. The maximum atomic E-state index is 12.6. The van der Waals surface area contributed by atoms with Crippen LogP contribution in [-0.4, -0.2) is 29.1 Å². The molecule has 0 bridgehead atoms. The predicted molar refractivity (Wildman–Crippen MR) is 102 cm³/mol. The van der Waals surface area contributed by atoms with E-state index < -0.39 is 0 Å². The Hall–Kier alpha value is -3.08. The van der Waals surface area contributed by atoms with Gasteiger partial charge in [-0.05, 0) is 56.3 Å². The van der Waals surface area contributed by atoms with E-state index in [0.29, 0.717) is 18.5 Å². The largest absolute Gasteiger partial charge is 0.497 e. The van der Waals surface area contributed by atoms with Gasteiger partial charge in [0.25, 0.3) is 5.91 Å². The van der Waals surface area contributed by atoms with Crippen LogP contribution in [0, 0.1) is 13.8 Å².